The summed E-state index contributed by atoms with van der Waals surface area (Å²) < 4.78 is 0. The van der Waals surface area contributed by atoms with Crippen LogP contribution in [0.3, 0.4) is 0 Å². The smallest absolute Gasteiger partial charge is 0.0405 e. The van der Waals surface area contributed by atoms with Gasteiger partial charge in [0.1, 0.15) is 0 Å². The summed E-state index contributed by atoms with van der Waals surface area (Å²) in [5.41, 5.74) is 5.73. The third kappa shape index (κ3) is 1.43. The Kier molecular flexibility index (Phi) is 2.03. The fraction of sp³-hybridized carbons (Fsp3) is 0.500. The van der Waals surface area contributed by atoms with Gasteiger partial charge in [0.15, 0.2) is 0 Å². The molecule has 2 rings (SSSR count). The quantitative estimate of drug-likeness (QED) is 0.639. The van der Waals surface area contributed by atoms with E-state index in [1.165, 1.54) is 28.8 Å². The van der Waals surface area contributed by atoms with Crippen molar-refractivity contribution >= 4 is 5.69 Å². The molecule has 0 saturated heterocycles. The molecule has 1 aliphatic rings. The van der Waals surface area contributed by atoms with Crippen molar-refractivity contribution < 1.29 is 0 Å². The number of benzene rings is 1. The van der Waals surface area contributed by atoms with Crippen LogP contribution in [0.5, 0.6) is 0 Å². The van der Waals surface area contributed by atoms with Crippen molar-refractivity contribution in [3.8, 4) is 0 Å². The van der Waals surface area contributed by atoms with Gasteiger partial charge in [-0.3, -0.25) is 0 Å². The van der Waals surface area contributed by atoms with Crippen LogP contribution in [0, 0.1) is 19.8 Å². The van der Waals surface area contributed by atoms with E-state index in [4.69, 9.17) is 0 Å². The van der Waals surface area contributed by atoms with Crippen molar-refractivity contribution in [1.82, 2.24) is 0 Å². The van der Waals surface area contributed by atoms with Crippen molar-refractivity contribution in [2.75, 3.05) is 11.9 Å². The molecular formula is C12H17N. The number of aryl methyl sites for hydroxylation is 2. The summed E-state index contributed by atoms with van der Waals surface area (Å²) in [6.07, 6.45) is 1.23. The minimum absolute atomic E-state index is 0.771. The van der Waals surface area contributed by atoms with Crippen LogP contribution < -0.4 is 5.32 Å². The van der Waals surface area contributed by atoms with Crippen LogP contribution in [-0.2, 0) is 6.42 Å². The summed E-state index contributed by atoms with van der Waals surface area (Å²) >= 11 is 0. The lowest BCUT2D eigenvalue weighted by Gasteiger charge is -2.26. The molecule has 0 unspecified atom stereocenters. The first-order chi connectivity index (χ1) is 6.18. The maximum Gasteiger partial charge on any atom is 0.0405 e. The largest absolute Gasteiger partial charge is 0.384 e. The van der Waals surface area contributed by atoms with Crippen molar-refractivity contribution in [2.45, 2.75) is 27.2 Å². The molecule has 13 heavy (non-hydrogen) atoms. The van der Waals surface area contributed by atoms with Crippen molar-refractivity contribution in [3.63, 3.8) is 0 Å². The van der Waals surface area contributed by atoms with E-state index in [2.05, 4.69) is 38.2 Å². The SMILES string of the molecule is Cc1ccc(C)c2c1C[C@@H](C)CN2. The number of hydrogen-bond acceptors (Lipinski definition) is 1. The van der Waals surface area contributed by atoms with E-state index < -0.39 is 0 Å². The minimum atomic E-state index is 0.771. The number of hydrogen-bond donors (Lipinski definition) is 1. The van der Waals surface area contributed by atoms with Crippen molar-refractivity contribution in [3.05, 3.63) is 28.8 Å². The predicted molar refractivity (Wildman–Crippen MR) is 57.3 cm³/mol. The van der Waals surface area contributed by atoms with Gasteiger partial charge in [0.05, 0.1) is 0 Å². The Labute approximate surface area is 80.2 Å². The van der Waals surface area contributed by atoms with Gasteiger partial charge in [0.25, 0.3) is 0 Å². The average molecular weight is 175 g/mol. The summed E-state index contributed by atoms with van der Waals surface area (Å²) in [4.78, 5) is 0. The van der Waals surface area contributed by atoms with Crippen LogP contribution in [0.4, 0.5) is 5.69 Å². The molecule has 0 bridgehead atoms. The standard InChI is InChI=1S/C12H17N/c1-8-6-11-9(2)4-5-10(3)12(11)13-7-8/h4-5,8,13H,6-7H2,1-3H3/t8-/m1/s1. The zero-order chi connectivity index (χ0) is 9.42. The van der Waals surface area contributed by atoms with Crippen LogP contribution in [0.1, 0.15) is 23.6 Å². The van der Waals surface area contributed by atoms with E-state index in [9.17, 15) is 0 Å². The third-order valence-electron chi connectivity index (χ3n) is 2.94. The Bertz CT molecular complexity index is 328. The summed E-state index contributed by atoms with van der Waals surface area (Å²) in [7, 11) is 0. The Morgan fingerprint density at radius 3 is 2.69 bits per heavy atom. The molecule has 1 aromatic rings. The molecule has 0 aliphatic carbocycles. The summed E-state index contributed by atoms with van der Waals surface area (Å²) in [6, 6.07) is 4.44. The Balaban J connectivity index is 2.51. The molecule has 1 aromatic carbocycles. The molecule has 1 nitrogen and oxygen atoms in total. The Morgan fingerprint density at radius 2 is 1.92 bits per heavy atom. The van der Waals surface area contributed by atoms with Gasteiger partial charge in [-0.2, -0.15) is 0 Å². The maximum atomic E-state index is 3.52. The second-order valence-electron chi connectivity index (χ2n) is 4.24. The molecule has 0 fully saturated rings. The summed E-state index contributed by atoms with van der Waals surface area (Å²) in [5.74, 6) is 0.771. The van der Waals surface area contributed by atoms with Gasteiger partial charge in [-0.05, 0) is 42.9 Å². The first-order valence-electron chi connectivity index (χ1n) is 5.01. The van der Waals surface area contributed by atoms with Gasteiger partial charge >= 0.3 is 0 Å². The zero-order valence-electron chi connectivity index (χ0n) is 8.65. The van der Waals surface area contributed by atoms with E-state index in [0.29, 0.717) is 0 Å². The van der Waals surface area contributed by atoms with E-state index in [1.54, 1.807) is 0 Å². The second-order valence-corrected chi connectivity index (χ2v) is 4.24. The van der Waals surface area contributed by atoms with Crippen LogP contribution in [0.25, 0.3) is 0 Å². The van der Waals surface area contributed by atoms with Crippen molar-refractivity contribution in [1.29, 1.82) is 0 Å². The lowest BCUT2D eigenvalue weighted by atomic mass is 9.90. The van der Waals surface area contributed by atoms with Crippen LogP contribution in [0.2, 0.25) is 0 Å². The van der Waals surface area contributed by atoms with Gasteiger partial charge in [0, 0.05) is 12.2 Å². The van der Waals surface area contributed by atoms with Crippen molar-refractivity contribution in [2.24, 2.45) is 5.92 Å². The molecule has 0 saturated carbocycles. The molecule has 0 amide bonds. The van der Waals surface area contributed by atoms with E-state index in [-0.39, 0.29) is 0 Å². The summed E-state index contributed by atoms with van der Waals surface area (Å²) in [5, 5.41) is 3.52. The molecule has 70 valence electrons. The third-order valence-corrected chi connectivity index (χ3v) is 2.94. The highest BCUT2D eigenvalue weighted by molar-refractivity contribution is 5.61. The lowest BCUT2D eigenvalue weighted by Crippen LogP contribution is -2.22. The van der Waals surface area contributed by atoms with Gasteiger partial charge < -0.3 is 5.32 Å². The van der Waals surface area contributed by atoms with Gasteiger partial charge in [-0.1, -0.05) is 19.1 Å². The molecule has 1 N–H and O–H groups in total. The number of anilines is 1. The molecule has 0 radical (unpaired) electrons. The first kappa shape index (κ1) is 8.61. The highest BCUT2D eigenvalue weighted by Gasteiger charge is 2.17. The molecule has 0 aromatic heterocycles. The monoisotopic (exact) mass is 175 g/mol. The molecule has 1 aliphatic heterocycles. The summed E-state index contributed by atoms with van der Waals surface area (Å²) in [6.45, 7) is 7.81. The molecular weight excluding hydrogens is 158 g/mol. The fourth-order valence-electron chi connectivity index (χ4n) is 2.08. The maximum absolute atomic E-state index is 3.52. The predicted octanol–water partition coefficient (Wildman–Crippen LogP) is 2.91. The minimum Gasteiger partial charge on any atom is -0.384 e. The number of fused-ring (bicyclic) bond motifs is 1. The molecule has 1 atom stereocenters. The Morgan fingerprint density at radius 1 is 1.23 bits per heavy atom. The van der Waals surface area contributed by atoms with Gasteiger partial charge in [-0.15, -0.1) is 0 Å². The molecule has 0 spiro atoms. The van der Waals surface area contributed by atoms with Crippen LogP contribution >= 0.6 is 0 Å². The van der Waals surface area contributed by atoms with E-state index >= 15 is 0 Å². The lowest BCUT2D eigenvalue weighted by molar-refractivity contribution is 0.592. The topological polar surface area (TPSA) is 12.0 Å². The first-order valence-corrected chi connectivity index (χ1v) is 5.01. The number of rotatable bonds is 0. The zero-order valence-corrected chi connectivity index (χ0v) is 8.65. The van der Waals surface area contributed by atoms with Crippen LogP contribution in [-0.4, -0.2) is 6.54 Å². The van der Waals surface area contributed by atoms with E-state index in [1.807, 2.05) is 0 Å². The Hall–Kier alpha value is -0.980. The number of nitrogens with one attached hydrogen (secondary N) is 1. The van der Waals surface area contributed by atoms with E-state index in [0.717, 1.165) is 12.5 Å². The van der Waals surface area contributed by atoms with Crippen LogP contribution in [0.15, 0.2) is 12.1 Å². The normalized spacial score (nSPS) is 20.7. The second kappa shape index (κ2) is 3.06. The fourth-order valence-corrected chi connectivity index (χ4v) is 2.08. The molecule has 1 heteroatoms. The highest BCUT2D eigenvalue weighted by Crippen LogP contribution is 2.30. The average Bonchev–Trinajstić information content (AvgIpc) is 2.12. The molecule has 1 heterocycles. The van der Waals surface area contributed by atoms with Gasteiger partial charge in [0.2, 0.25) is 0 Å². The highest BCUT2D eigenvalue weighted by atomic mass is 14.9. The van der Waals surface area contributed by atoms with Gasteiger partial charge in [-0.25, -0.2) is 0 Å².